The van der Waals surface area contributed by atoms with Gasteiger partial charge in [0.2, 0.25) is 5.79 Å². The van der Waals surface area contributed by atoms with Gasteiger partial charge >= 0.3 is 0 Å². The molecule has 2 spiro atoms. The average Bonchev–Trinajstić information content (AvgIpc) is 3.03. The predicted octanol–water partition coefficient (Wildman–Crippen LogP) is 2.39. The minimum absolute atomic E-state index is 0.0741. The highest BCUT2D eigenvalue weighted by atomic mass is 16.7. The molecule has 5 aliphatic rings. The second kappa shape index (κ2) is 5.67. The summed E-state index contributed by atoms with van der Waals surface area (Å²) >= 11 is 0. The van der Waals surface area contributed by atoms with Crippen molar-refractivity contribution in [1.29, 1.82) is 0 Å². The van der Waals surface area contributed by atoms with E-state index in [0.717, 1.165) is 42.9 Å². The van der Waals surface area contributed by atoms with Gasteiger partial charge in [-0.15, -0.1) is 0 Å². The highest BCUT2D eigenvalue weighted by Gasteiger charge is 2.77. The zero-order valence-electron chi connectivity index (χ0n) is 17.7. The molecule has 3 fully saturated rings. The SMILES string of the molecule is COc1ccc2c3c1OC1[C@@]4(CCC5(O)[C@@H](C2)N(C)CC[C@]315)O[C@H](C)C[C@H](C)O4. The van der Waals surface area contributed by atoms with Crippen molar-refractivity contribution in [3.05, 3.63) is 23.3 Å². The average molecular weight is 402 g/mol. The summed E-state index contributed by atoms with van der Waals surface area (Å²) in [6.45, 7) is 5.15. The molecule has 3 heterocycles. The van der Waals surface area contributed by atoms with Gasteiger partial charge in [0.05, 0.1) is 30.3 Å². The standard InChI is InChI=1S/C23H31NO5/c1-13-11-14(2)29-23(28-13)8-7-22(25)17-12-15-5-6-16(26-4)19-18(15)21(22,20(23)27-19)9-10-24(17)3/h5-6,13-14,17,20,25H,7-12H2,1-4H3/t13-,14+,17-,20?,21+,22?,23+/m1/s1. The molecule has 7 atom stereocenters. The molecule has 2 bridgehead atoms. The fourth-order valence-corrected chi connectivity index (χ4v) is 7.37. The predicted molar refractivity (Wildman–Crippen MR) is 106 cm³/mol. The van der Waals surface area contributed by atoms with E-state index in [1.807, 2.05) is 6.07 Å². The Kier molecular flexibility index (Phi) is 3.60. The third kappa shape index (κ3) is 2.02. The molecule has 1 aromatic rings. The lowest BCUT2D eigenvalue weighted by molar-refractivity contribution is -0.378. The molecule has 1 saturated carbocycles. The van der Waals surface area contributed by atoms with Crippen LogP contribution in [0.15, 0.2) is 12.1 Å². The Hall–Kier alpha value is -1.34. The van der Waals surface area contributed by atoms with Gasteiger partial charge in [0, 0.05) is 18.0 Å². The van der Waals surface area contributed by atoms with Crippen LogP contribution >= 0.6 is 0 Å². The van der Waals surface area contributed by atoms with Crippen LogP contribution in [-0.4, -0.2) is 66.5 Å². The summed E-state index contributed by atoms with van der Waals surface area (Å²) in [5.74, 6) is 0.692. The fourth-order valence-electron chi connectivity index (χ4n) is 7.37. The van der Waals surface area contributed by atoms with Crippen molar-refractivity contribution >= 4 is 0 Å². The summed E-state index contributed by atoms with van der Waals surface area (Å²) in [4.78, 5) is 2.33. The molecule has 3 aliphatic heterocycles. The third-order valence-electron chi connectivity index (χ3n) is 8.40. The number of methoxy groups -OCH3 is 1. The van der Waals surface area contributed by atoms with Gasteiger partial charge in [-0.25, -0.2) is 0 Å². The molecular formula is C23H31NO5. The van der Waals surface area contributed by atoms with Crippen LogP contribution in [0.2, 0.25) is 0 Å². The first-order valence-corrected chi connectivity index (χ1v) is 11.0. The first-order chi connectivity index (χ1) is 13.8. The number of hydrogen-bond acceptors (Lipinski definition) is 6. The number of hydrogen-bond donors (Lipinski definition) is 1. The van der Waals surface area contributed by atoms with Crippen LogP contribution in [0.4, 0.5) is 0 Å². The summed E-state index contributed by atoms with van der Waals surface area (Å²) < 4.78 is 25.5. The van der Waals surface area contributed by atoms with Gasteiger partial charge in [-0.2, -0.15) is 0 Å². The maximum atomic E-state index is 12.3. The van der Waals surface area contributed by atoms with Gasteiger partial charge in [-0.05, 0) is 64.8 Å². The van der Waals surface area contributed by atoms with Crippen molar-refractivity contribution in [3.8, 4) is 11.5 Å². The molecule has 158 valence electrons. The Balaban J connectivity index is 1.61. The van der Waals surface area contributed by atoms with Gasteiger partial charge in [0.25, 0.3) is 0 Å². The zero-order chi connectivity index (χ0) is 20.2. The molecule has 2 saturated heterocycles. The maximum Gasteiger partial charge on any atom is 0.207 e. The van der Waals surface area contributed by atoms with E-state index in [1.54, 1.807) is 7.11 Å². The van der Waals surface area contributed by atoms with Crippen LogP contribution in [0.25, 0.3) is 0 Å². The maximum absolute atomic E-state index is 12.3. The van der Waals surface area contributed by atoms with E-state index in [1.165, 1.54) is 5.56 Å². The number of aliphatic hydroxyl groups is 1. The van der Waals surface area contributed by atoms with Gasteiger partial charge < -0.3 is 29.0 Å². The van der Waals surface area contributed by atoms with Gasteiger partial charge in [-0.3, -0.25) is 0 Å². The van der Waals surface area contributed by atoms with Crippen LogP contribution in [0.3, 0.4) is 0 Å². The van der Waals surface area contributed by atoms with Gasteiger partial charge in [0.15, 0.2) is 17.6 Å². The Morgan fingerprint density at radius 1 is 1.14 bits per heavy atom. The smallest absolute Gasteiger partial charge is 0.207 e. The van der Waals surface area contributed by atoms with Crippen molar-refractivity contribution in [2.75, 3.05) is 20.7 Å². The molecule has 6 rings (SSSR count). The first kappa shape index (κ1) is 18.4. The Labute approximate surface area is 172 Å². The lowest BCUT2D eigenvalue weighted by Gasteiger charge is -2.66. The van der Waals surface area contributed by atoms with Crippen molar-refractivity contribution in [2.24, 2.45) is 0 Å². The van der Waals surface area contributed by atoms with E-state index >= 15 is 0 Å². The summed E-state index contributed by atoms with van der Waals surface area (Å²) in [6, 6.07) is 4.24. The highest BCUT2D eigenvalue weighted by molar-refractivity contribution is 5.63. The van der Waals surface area contributed by atoms with Crippen molar-refractivity contribution < 1.29 is 24.1 Å². The van der Waals surface area contributed by atoms with Crippen LogP contribution < -0.4 is 9.47 Å². The number of benzene rings is 1. The molecule has 1 N–H and O–H groups in total. The van der Waals surface area contributed by atoms with Crippen LogP contribution in [0.1, 0.15) is 50.7 Å². The normalized spacial score (nSPS) is 47.6. The van der Waals surface area contributed by atoms with Crippen LogP contribution in [0, 0.1) is 0 Å². The minimum Gasteiger partial charge on any atom is -0.493 e. The van der Waals surface area contributed by atoms with Crippen molar-refractivity contribution in [1.82, 2.24) is 4.90 Å². The Morgan fingerprint density at radius 2 is 1.90 bits per heavy atom. The molecule has 6 heteroatoms. The first-order valence-electron chi connectivity index (χ1n) is 11.0. The second-order valence-corrected chi connectivity index (χ2v) is 9.88. The molecule has 0 amide bonds. The van der Waals surface area contributed by atoms with Crippen molar-refractivity contribution in [2.45, 2.75) is 87.1 Å². The van der Waals surface area contributed by atoms with Crippen LogP contribution in [0.5, 0.6) is 11.5 Å². The molecule has 29 heavy (non-hydrogen) atoms. The van der Waals surface area contributed by atoms with E-state index < -0.39 is 16.8 Å². The number of nitrogens with zero attached hydrogens (tertiary/aromatic N) is 1. The Morgan fingerprint density at radius 3 is 2.62 bits per heavy atom. The van der Waals surface area contributed by atoms with E-state index in [4.69, 9.17) is 18.9 Å². The molecule has 2 unspecified atom stereocenters. The number of piperidine rings is 1. The number of rotatable bonds is 1. The summed E-state index contributed by atoms with van der Waals surface area (Å²) in [5.41, 5.74) is 1.01. The fraction of sp³-hybridized carbons (Fsp3) is 0.739. The molecule has 6 nitrogen and oxygen atoms in total. The number of fused-ring (bicyclic) bond motifs is 1. The van der Waals surface area contributed by atoms with Crippen LogP contribution in [-0.2, 0) is 21.3 Å². The minimum atomic E-state index is -0.864. The molecule has 2 aliphatic carbocycles. The number of likely N-dealkylation sites (tertiary alicyclic amines) is 1. The summed E-state index contributed by atoms with van der Waals surface area (Å²) in [7, 11) is 3.82. The number of likely N-dealkylation sites (N-methyl/N-ethyl adjacent to an activating group) is 1. The van der Waals surface area contributed by atoms with E-state index in [2.05, 4.69) is 31.9 Å². The quantitative estimate of drug-likeness (QED) is 0.780. The van der Waals surface area contributed by atoms with E-state index in [0.29, 0.717) is 12.8 Å². The van der Waals surface area contributed by atoms with Gasteiger partial charge in [0.1, 0.15) is 0 Å². The summed E-state index contributed by atoms with van der Waals surface area (Å²) in [5, 5.41) is 12.3. The topological polar surface area (TPSA) is 60.4 Å². The Bertz CT molecular complexity index is 863. The molecule has 0 radical (unpaired) electrons. The second-order valence-electron chi connectivity index (χ2n) is 9.88. The molecular weight excluding hydrogens is 370 g/mol. The highest BCUT2D eigenvalue weighted by Crippen LogP contribution is 2.68. The van der Waals surface area contributed by atoms with Crippen molar-refractivity contribution in [3.63, 3.8) is 0 Å². The van der Waals surface area contributed by atoms with Gasteiger partial charge in [-0.1, -0.05) is 6.07 Å². The molecule has 1 aromatic carbocycles. The lowest BCUT2D eigenvalue weighted by Crippen LogP contribution is -2.80. The monoisotopic (exact) mass is 401 g/mol. The number of ether oxygens (including phenoxy) is 4. The summed E-state index contributed by atoms with van der Waals surface area (Å²) in [6.07, 6.45) is 3.64. The van der Waals surface area contributed by atoms with E-state index in [9.17, 15) is 5.11 Å². The molecule has 0 aromatic heterocycles. The largest absolute Gasteiger partial charge is 0.493 e. The van der Waals surface area contributed by atoms with E-state index in [-0.39, 0.29) is 24.4 Å². The lowest BCUT2D eigenvalue weighted by atomic mass is 9.48. The zero-order valence-corrected chi connectivity index (χ0v) is 17.7. The third-order valence-corrected chi connectivity index (χ3v) is 8.40.